The average Bonchev–Trinajstić information content (AvgIpc) is 2.16. The minimum atomic E-state index is -3.00. The van der Waals surface area contributed by atoms with Crippen LogP contribution in [0.5, 0.6) is 5.75 Å². The lowest BCUT2D eigenvalue weighted by Gasteiger charge is -2.08. The fourth-order valence-corrected chi connectivity index (χ4v) is 1.11. The van der Waals surface area contributed by atoms with Crippen LogP contribution in [0.15, 0.2) is 11.0 Å². The molecule has 0 bridgehead atoms. The third-order valence-electron chi connectivity index (χ3n) is 1.73. The monoisotopic (exact) mass is 219 g/mol. The Bertz CT molecular complexity index is 441. The molecule has 0 aromatic carbocycles. The molecule has 2 N–H and O–H groups in total. The number of carbonyl (C=O) groups is 1. The van der Waals surface area contributed by atoms with Gasteiger partial charge in [0.25, 0.3) is 12.0 Å². The fourth-order valence-electron chi connectivity index (χ4n) is 1.11. The number of nitrogens with one attached hydrogen (secondary N) is 1. The molecule has 0 unspecified atom stereocenters. The van der Waals surface area contributed by atoms with Gasteiger partial charge in [-0.2, -0.15) is 0 Å². The summed E-state index contributed by atoms with van der Waals surface area (Å²) in [5, 5.41) is 8.68. The van der Waals surface area contributed by atoms with Crippen molar-refractivity contribution in [1.82, 2.24) is 4.98 Å². The van der Waals surface area contributed by atoms with E-state index in [0.29, 0.717) is 6.20 Å². The Kier molecular flexibility index (Phi) is 3.03. The molecule has 0 aliphatic heterocycles. The molecule has 1 aromatic heterocycles. The molecule has 0 radical (unpaired) electrons. The Hall–Kier alpha value is -1.92. The first-order chi connectivity index (χ1) is 6.99. The fraction of sp³-hybridized carbons (Fsp3) is 0.250. The molecule has 5 nitrogen and oxygen atoms in total. The van der Waals surface area contributed by atoms with E-state index in [4.69, 9.17) is 5.11 Å². The van der Waals surface area contributed by atoms with Gasteiger partial charge in [0, 0.05) is 6.20 Å². The van der Waals surface area contributed by atoms with Gasteiger partial charge in [-0.05, 0) is 0 Å². The number of methoxy groups -OCH3 is 1. The van der Waals surface area contributed by atoms with Crippen LogP contribution in [-0.4, -0.2) is 23.2 Å². The van der Waals surface area contributed by atoms with Gasteiger partial charge in [0.05, 0.1) is 12.7 Å². The lowest BCUT2D eigenvalue weighted by Crippen LogP contribution is -2.17. The summed E-state index contributed by atoms with van der Waals surface area (Å²) in [4.78, 5) is 23.7. The third-order valence-corrected chi connectivity index (χ3v) is 1.73. The topological polar surface area (TPSA) is 79.4 Å². The Morgan fingerprint density at radius 3 is 2.60 bits per heavy atom. The van der Waals surface area contributed by atoms with Gasteiger partial charge in [-0.25, -0.2) is 13.6 Å². The van der Waals surface area contributed by atoms with Crippen LogP contribution in [-0.2, 0) is 0 Å². The zero-order valence-electron chi connectivity index (χ0n) is 7.58. The maximum absolute atomic E-state index is 12.4. The minimum absolute atomic E-state index is 0.625. The van der Waals surface area contributed by atoms with Gasteiger partial charge in [0.2, 0.25) is 0 Å². The number of aromatic carboxylic acids is 1. The lowest BCUT2D eigenvalue weighted by molar-refractivity contribution is 0.0679. The van der Waals surface area contributed by atoms with Crippen LogP contribution in [0.2, 0.25) is 0 Å². The first-order valence-corrected chi connectivity index (χ1v) is 3.80. The van der Waals surface area contributed by atoms with Crippen molar-refractivity contribution in [3.63, 3.8) is 0 Å². The van der Waals surface area contributed by atoms with Crippen LogP contribution >= 0.6 is 0 Å². The quantitative estimate of drug-likeness (QED) is 0.795. The maximum Gasteiger partial charge on any atom is 0.340 e. The molecule has 82 valence electrons. The highest BCUT2D eigenvalue weighted by molar-refractivity contribution is 5.92. The highest BCUT2D eigenvalue weighted by Crippen LogP contribution is 2.26. The van der Waals surface area contributed by atoms with Crippen LogP contribution in [0.3, 0.4) is 0 Å². The van der Waals surface area contributed by atoms with Gasteiger partial charge in [-0.3, -0.25) is 4.79 Å². The van der Waals surface area contributed by atoms with E-state index in [1.165, 1.54) is 0 Å². The predicted molar refractivity (Wildman–Crippen MR) is 45.5 cm³/mol. The van der Waals surface area contributed by atoms with Crippen molar-refractivity contribution in [2.24, 2.45) is 0 Å². The van der Waals surface area contributed by atoms with Crippen LogP contribution < -0.4 is 10.3 Å². The molecule has 1 aromatic rings. The second-order valence-electron chi connectivity index (χ2n) is 2.59. The van der Waals surface area contributed by atoms with Gasteiger partial charge < -0.3 is 14.8 Å². The molecule has 1 rings (SSSR count). The number of pyridine rings is 1. The van der Waals surface area contributed by atoms with Gasteiger partial charge in [-0.1, -0.05) is 0 Å². The zero-order chi connectivity index (χ0) is 11.6. The molecule has 0 aliphatic rings. The van der Waals surface area contributed by atoms with E-state index in [9.17, 15) is 18.4 Å². The lowest BCUT2D eigenvalue weighted by atomic mass is 10.1. The van der Waals surface area contributed by atoms with E-state index in [1.54, 1.807) is 0 Å². The van der Waals surface area contributed by atoms with Gasteiger partial charge in [-0.15, -0.1) is 0 Å². The summed E-state index contributed by atoms with van der Waals surface area (Å²) >= 11 is 0. The van der Waals surface area contributed by atoms with E-state index < -0.39 is 34.8 Å². The summed E-state index contributed by atoms with van der Waals surface area (Å²) in [6, 6.07) is 0. The molecule has 0 aliphatic carbocycles. The van der Waals surface area contributed by atoms with Crippen molar-refractivity contribution in [2.45, 2.75) is 6.43 Å². The van der Waals surface area contributed by atoms with E-state index in [-0.39, 0.29) is 0 Å². The normalized spacial score (nSPS) is 10.4. The SMILES string of the molecule is COc1c(C(=O)O)c(C(F)F)c[nH]c1=O. The first-order valence-electron chi connectivity index (χ1n) is 3.80. The number of carboxylic acids is 1. The summed E-state index contributed by atoms with van der Waals surface area (Å²) in [7, 11) is 1.03. The third kappa shape index (κ3) is 1.95. The minimum Gasteiger partial charge on any atom is -0.490 e. The molecule has 15 heavy (non-hydrogen) atoms. The summed E-state index contributed by atoms with van der Waals surface area (Å²) in [6.07, 6.45) is -2.33. The number of carboxylic acid groups (broad SMARTS) is 1. The summed E-state index contributed by atoms with van der Waals surface area (Å²) in [6.45, 7) is 0. The number of H-pyrrole nitrogens is 1. The summed E-state index contributed by atoms with van der Waals surface area (Å²) in [5.41, 5.74) is -2.45. The van der Waals surface area contributed by atoms with Crippen molar-refractivity contribution in [1.29, 1.82) is 0 Å². The molecule has 0 atom stereocenters. The van der Waals surface area contributed by atoms with Gasteiger partial charge in [0.15, 0.2) is 5.75 Å². The van der Waals surface area contributed by atoms with Gasteiger partial charge >= 0.3 is 5.97 Å². The van der Waals surface area contributed by atoms with E-state index >= 15 is 0 Å². The second-order valence-corrected chi connectivity index (χ2v) is 2.59. The molecule has 0 spiro atoms. The Labute approximate surface area is 82.3 Å². The number of hydrogen-bond donors (Lipinski definition) is 2. The van der Waals surface area contributed by atoms with Crippen molar-refractivity contribution in [3.8, 4) is 5.75 Å². The molecular formula is C8H7F2NO4. The molecule has 0 saturated carbocycles. The number of aromatic nitrogens is 1. The molecule has 7 heteroatoms. The van der Waals surface area contributed by atoms with Gasteiger partial charge in [0.1, 0.15) is 5.56 Å². The van der Waals surface area contributed by atoms with Crippen molar-refractivity contribution in [3.05, 3.63) is 27.7 Å². The summed E-state index contributed by atoms with van der Waals surface area (Å²) in [5.74, 6) is -2.26. The Morgan fingerprint density at radius 1 is 1.60 bits per heavy atom. The smallest absolute Gasteiger partial charge is 0.340 e. The number of hydrogen-bond acceptors (Lipinski definition) is 3. The van der Waals surface area contributed by atoms with Crippen molar-refractivity contribution >= 4 is 5.97 Å². The first kappa shape index (κ1) is 11.2. The summed E-state index contributed by atoms with van der Waals surface area (Å²) < 4.78 is 29.3. The van der Waals surface area contributed by atoms with Crippen LogP contribution in [0.1, 0.15) is 22.3 Å². The highest BCUT2D eigenvalue weighted by atomic mass is 19.3. The van der Waals surface area contributed by atoms with Crippen molar-refractivity contribution < 1.29 is 23.4 Å². The van der Waals surface area contributed by atoms with Crippen LogP contribution in [0.25, 0.3) is 0 Å². The van der Waals surface area contributed by atoms with Crippen LogP contribution in [0.4, 0.5) is 8.78 Å². The average molecular weight is 219 g/mol. The largest absolute Gasteiger partial charge is 0.490 e. The molecular weight excluding hydrogens is 212 g/mol. The number of aromatic amines is 1. The number of alkyl halides is 2. The van der Waals surface area contributed by atoms with E-state index in [0.717, 1.165) is 7.11 Å². The Morgan fingerprint density at radius 2 is 2.20 bits per heavy atom. The second kappa shape index (κ2) is 4.07. The Balaban J connectivity index is 3.56. The maximum atomic E-state index is 12.4. The molecule has 0 saturated heterocycles. The van der Waals surface area contributed by atoms with Crippen molar-refractivity contribution in [2.75, 3.05) is 7.11 Å². The number of halogens is 2. The predicted octanol–water partition coefficient (Wildman–Crippen LogP) is 1.02. The van der Waals surface area contributed by atoms with Crippen LogP contribution in [0, 0.1) is 0 Å². The molecule has 1 heterocycles. The van der Waals surface area contributed by atoms with E-state index in [2.05, 4.69) is 4.74 Å². The molecule has 0 amide bonds. The van der Waals surface area contributed by atoms with E-state index in [1.807, 2.05) is 4.98 Å². The number of ether oxygens (including phenoxy) is 1. The zero-order valence-corrected chi connectivity index (χ0v) is 7.58. The number of rotatable bonds is 3. The standard InChI is InChI=1S/C8H7F2NO4/c1-15-5-4(8(13)14)3(6(9)10)2-11-7(5)12/h2,6H,1H3,(H,11,12)(H,13,14). The molecule has 0 fully saturated rings. The highest BCUT2D eigenvalue weighted by Gasteiger charge is 2.24.